The van der Waals surface area contributed by atoms with Gasteiger partial charge in [0.15, 0.2) is 5.69 Å². The van der Waals surface area contributed by atoms with Gasteiger partial charge in [0.05, 0.1) is 7.11 Å². The maximum absolute atomic E-state index is 12.5. The van der Waals surface area contributed by atoms with E-state index in [1.54, 1.807) is 7.11 Å². The number of methoxy groups -OCH3 is 1. The Labute approximate surface area is 136 Å². The molecule has 0 amide bonds. The van der Waals surface area contributed by atoms with Gasteiger partial charge >= 0.3 is 6.18 Å². The number of alkyl halides is 3. The van der Waals surface area contributed by atoms with Crippen LogP contribution in [0.15, 0.2) is 24.3 Å². The van der Waals surface area contributed by atoms with E-state index in [1.807, 2.05) is 19.1 Å². The zero-order chi connectivity index (χ0) is 17.3. The van der Waals surface area contributed by atoms with Crippen molar-refractivity contribution in [2.24, 2.45) is 0 Å². The van der Waals surface area contributed by atoms with Crippen molar-refractivity contribution in [2.45, 2.75) is 32.2 Å². The molecule has 1 aliphatic rings. The first kappa shape index (κ1) is 16.4. The minimum atomic E-state index is -4.50. The Balaban J connectivity index is 1.74. The van der Waals surface area contributed by atoms with Crippen molar-refractivity contribution in [3.8, 4) is 11.5 Å². The smallest absolute Gasteiger partial charge is 0.435 e. The highest BCUT2D eigenvalue weighted by Crippen LogP contribution is 2.35. The molecular weight excluding hydrogens is 323 g/mol. The summed E-state index contributed by atoms with van der Waals surface area (Å²) in [6.45, 7) is 2.32. The fraction of sp³-hybridized carbons (Fsp3) is 0.375. The fourth-order valence-electron chi connectivity index (χ4n) is 2.57. The summed E-state index contributed by atoms with van der Waals surface area (Å²) < 4.78 is 48.5. The van der Waals surface area contributed by atoms with E-state index in [4.69, 9.17) is 9.47 Å². The third kappa shape index (κ3) is 3.37. The zero-order valence-corrected chi connectivity index (χ0v) is 13.1. The minimum Gasteiger partial charge on any atom is -0.496 e. The van der Waals surface area contributed by atoms with E-state index in [-0.39, 0.29) is 11.9 Å². The molecule has 24 heavy (non-hydrogen) atoms. The first-order valence-electron chi connectivity index (χ1n) is 7.38. The molecule has 5 nitrogen and oxygen atoms in total. The van der Waals surface area contributed by atoms with E-state index >= 15 is 0 Å². The molecule has 1 aromatic heterocycles. The number of nitrogens with zero attached hydrogens (tertiary/aromatic N) is 2. The lowest BCUT2D eigenvalue weighted by atomic mass is 10.1. The number of aromatic nitrogens is 2. The summed E-state index contributed by atoms with van der Waals surface area (Å²) in [6.07, 6.45) is -3.55. The number of hydrogen-bond donors (Lipinski definition) is 1. The third-order valence-electron chi connectivity index (χ3n) is 3.71. The molecule has 1 aliphatic heterocycles. The Hall–Kier alpha value is -2.51. The molecule has 128 valence electrons. The summed E-state index contributed by atoms with van der Waals surface area (Å²) in [7, 11) is 1.57. The Morgan fingerprint density at radius 2 is 2.08 bits per heavy atom. The normalized spacial score (nSPS) is 16.5. The van der Waals surface area contributed by atoms with E-state index < -0.39 is 11.9 Å². The first-order valence-corrected chi connectivity index (χ1v) is 7.38. The molecule has 1 aromatic carbocycles. The second-order valence-corrected chi connectivity index (χ2v) is 5.56. The Bertz CT molecular complexity index is 733. The highest BCUT2D eigenvalue weighted by molar-refractivity contribution is 5.50. The highest BCUT2D eigenvalue weighted by atomic mass is 19.4. The summed E-state index contributed by atoms with van der Waals surface area (Å²) >= 11 is 0. The SMILES string of the molecule is COc1cc2c(cc1CNc1ccc(C(F)(F)F)nn1)OC(C)C2. The molecule has 0 spiro atoms. The van der Waals surface area contributed by atoms with Crippen LogP contribution in [-0.2, 0) is 19.1 Å². The molecule has 0 saturated carbocycles. The summed E-state index contributed by atoms with van der Waals surface area (Å²) in [4.78, 5) is 0. The summed E-state index contributed by atoms with van der Waals surface area (Å²) in [5.41, 5.74) is 0.884. The van der Waals surface area contributed by atoms with Gasteiger partial charge in [-0.25, -0.2) is 0 Å². The number of nitrogens with one attached hydrogen (secondary N) is 1. The largest absolute Gasteiger partial charge is 0.496 e. The molecule has 0 bridgehead atoms. The monoisotopic (exact) mass is 339 g/mol. The van der Waals surface area contributed by atoms with Gasteiger partial charge in [0.25, 0.3) is 0 Å². The lowest BCUT2D eigenvalue weighted by molar-refractivity contribution is -0.141. The van der Waals surface area contributed by atoms with Gasteiger partial charge in [-0.15, -0.1) is 10.2 Å². The summed E-state index contributed by atoms with van der Waals surface area (Å²) in [5.74, 6) is 1.75. The number of rotatable bonds is 4. The topological polar surface area (TPSA) is 56.3 Å². The van der Waals surface area contributed by atoms with Crippen molar-refractivity contribution in [1.82, 2.24) is 10.2 Å². The zero-order valence-electron chi connectivity index (χ0n) is 13.1. The fourth-order valence-corrected chi connectivity index (χ4v) is 2.57. The number of ether oxygens (including phenoxy) is 2. The van der Waals surface area contributed by atoms with Crippen molar-refractivity contribution in [1.29, 1.82) is 0 Å². The second-order valence-electron chi connectivity index (χ2n) is 5.56. The Morgan fingerprint density at radius 1 is 1.29 bits per heavy atom. The Morgan fingerprint density at radius 3 is 2.71 bits per heavy atom. The molecule has 3 rings (SSSR count). The summed E-state index contributed by atoms with van der Waals surface area (Å²) in [6, 6.07) is 5.94. The molecule has 0 aliphatic carbocycles. The van der Waals surface area contributed by atoms with Crippen LogP contribution < -0.4 is 14.8 Å². The van der Waals surface area contributed by atoms with Gasteiger partial charge in [0, 0.05) is 24.1 Å². The van der Waals surface area contributed by atoms with Gasteiger partial charge in [0.1, 0.15) is 23.4 Å². The van der Waals surface area contributed by atoms with Crippen LogP contribution in [0.1, 0.15) is 23.7 Å². The predicted molar refractivity (Wildman–Crippen MR) is 81.1 cm³/mol. The standard InChI is InChI=1S/C16H16F3N3O2/c1-9-5-10-6-12(23-2)11(7-13(10)24-9)8-20-15-4-3-14(21-22-15)16(17,18)19/h3-4,6-7,9H,5,8H2,1-2H3,(H,20,22). The lowest BCUT2D eigenvalue weighted by Crippen LogP contribution is -2.10. The van der Waals surface area contributed by atoms with Gasteiger partial charge < -0.3 is 14.8 Å². The van der Waals surface area contributed by atoms with E-state index in [1.165, 1.54) is 6.07 Å². The summed E-state index contributed by atoms with van der Waals surface area (Å²) in [5, 5.41) is 9.67. The van der Waals surface area contributed by atoms with Crippen LogP contribution in [-0.4, -0.2) is 23.4 Å². The van der Waals surface area contributed by atoms with E-state index in [9.17, 15) is 13.2 Å². The van der Waals surface area contributed by atoms with E-state index in [2.05, 4.69) is 15.5 Å². The number of fused-ring (bicyclic) bond motifs is 1. The van der Waals surface area contributed by atoms with Crippen LogP contribution in [0.4, 0.5) is 19.0 Å². The quantitative estimate of drug-likeness (QED) is 0.925. The van der Waals surface area contributed by atoms with Crippen LogP contribution in [0.3, 0.4) is 0 Å². The predicted octanol–water partition coefficient (Wildman–Crippen LogP) is 3.44. The lowest BCUT2D eigenvalue weighted by Gasteiger charge is -2.12. The Kier molecular flexibility index (Phi) is 4.21. The molecule has 1 unspecified atom stereocenters. The molecule has 1 N–H and O–H groups in total. The second kappa shape index (κ2) is 6.18. The number of anilines is 1. The molecule has 1 atom stereocenters. The van der Waals surface area contributed by atoms with Crippen molar-refractivity contribution in [3.05, 3.63) is 41.1 Å². The number of hydrogen-bond acceptors (Lipinski definition) is 5. The molecule has 2 heterocycles. The molecule has 0 fully saturated rings. The van der Waals surface area contributed by atoms with Crippen molar-refractivity contribution in [3.63, 3.8) is 0 Å². The first-order chi connectivity index (χ1) is 11.4. The van der Waals surface area contributed by atoms with Gasteiger partial charge in [-0.3, -0.25) is 0 Å². The van der Waals surface area contributed by atoms with Gasteiger partial charge in [-0.2, -0.15) is 13.2 Å². The van der Waals surface area contributed by atoms with Crippen molar-refractivity contribution < 1.29 is 22.6 Å². The maximum Gasteiger partial charge on any atom is 0.435 e. The molecule has 2 aromatic rings. The van der Waals surface area contributed by atoms with Crippen LogP contribution in [0.25, 0.3) is 0 Å². The van der Waals surface area contributed by atoms with Gasteiger partial charge in [0.2, 0.25) is 0 Å². The maximum atomic E-state index is 12.5. The number of benzene rings is 1. The van der Waals surface area contributed by atoms with Gasteiger partial charge in [-0.05, 0) is 31.2 Å². The average molecular weight is 339 g/mol. The van der Waals surface area contributed by atoms with Crippen LogP contribution in [0.2, 0.25) is 0 Å². The van der Waals surface area contributed by atoms with Crippen LogP contribution >= 0.6 is 0 Å². The van der Waals surface area contributed by atoms with Crippen molar-refractivity contribution >= 4 is 5.82 Å². The van der Waals surface area contributed by atoms with Crippen LogP contribution in [0.5, 0.6) is 11.5 Å². The minimum absolute atomic E-state index is 0.119. The van der Waals surface area contributed by atoms with Gasteiger partial charge in [-0.1, -0.05) is 0 Å². The van der Waals surface area contributed by atoms with E-state index in [0.29, 0.717) is 12.3 Å². The van der Waals surface area contributed by atoms with Crippen LogP contribution in [0, 0.1) is 0 Å². The highest BCUT2D eigenvalue weighted by Gasteiger charge is 2.32. The molecule has 0 radical (unpaired) electrons. The molecular formula is C16H16F3N3O2. The van der Waals surface area contributed by atoms with E-state index in [0.717, 1.165) is 29.4 Å². The van der Waals surface area contributed by atoms with Crippen molar-refractivity contribution in [2.75, 3.05) is 12.4 Å². The average Bonchev–Trinajstić information content (AvgIpc) is 2.90. The third-order valence-corrected chi connectivity index (χ3v) is 3.71. The molecule has 8 heteroatoms. The number of halogens is 3. The molecule has 0 saturated heterocycles.